The smallest absolute Gasteiger partial charge is 0.250 e. The van der Waals surface area contributed by atoms with Crippen LogP contribution >= 0.6 is 15.9 Å². The number of anilines is 1. The number of benzene rings is 1. The van der Waals surface area contributed by atoms with Crippen LogP contribution < -0.4 is 16.4 Å². The summed E-state index contributed by atoms with van der Waals surface area (Å²) in [6.07, 6.45) is 0. The van der Waals surface area contributed by atoms with Crippen LogP contribution in [0.15, 0.2) is 22.7 Å². The fourth-order valence-corrected chi connectivity index (χ4v) is 1.70. The first-order chi connectivity index (χ1) is 7.65. The molecular weight excluding hydrogens is 270 g/mol. The summed E-state index contributed by atoms with van der Waals surface area (Å²) in [6, 6.07) is 5.36. The van der Waals surface area contributed by atoms with Crippen molar-refractivity contribution in [3.8, 4) is 0 Å². The van der Waals surface area contributed by atoms with Crippen molar-refractivity contribution in [3.05, 3.63) is 28.2 Å². The third kappa shape index (κ3) is 3.83. The maximum absolute atomic E-state index is 11.2. The number of nitrogens with two attached hydrogens (primary N) is 1. The Morgan fingerprint density at radius 2 is 2.19 bits per heavy atom. The van der Waals surface area contributed by atoms with E-state index in [9.17, 15) is 4.79 Å². The van der Waals surface area contributed by atoms with Gasteiger partial charge in [-0.15, -0.1) is 0 Å². The van der Waals surface area contributed by atoms with Gasteiger partial charge in [-0.25, -0.2) is 0 Å². The van der Waals surface area contributed by atoms with Gasteiger partial charge in [0.25, 0.3) is 5.91 Å². The molecule has 0 saturated carbocycles. The normalized spacial score (nSPS) is 10.1. The molecule has 0 saturated heterocycles. The van der Waals surface area contributed by atoms with Gasteiger partial charge in [-0.3, -0.25) is 4.79 Å². The Kier molecular flexibility index (Phi) is 5.28. The zero-order chi connectivity index (χ0) is 12.0. The molecule has 5 heteroatoms. The third-order valence-electron chi connectivity index (χ3n) is 2.11. The van der Waals surface area contributed by atoms with Crippen molar-refractivity contribution in [1.82, 2.24) is 5.32 Å². The van der Waals surface area contributed by atoms with E-state index in [1.165, 1.54) is 0 Å². The minimum atomic E-state index is -0.418. The van der Waals surface area contributed by atoms with Gasteiger partial charge in [0.15, 0.2) is 0 Å². The van der Waals surface area contributed by atoms with Crippen LogP contribution in [0.4, 0.5) is 5.69 Å². The Morgan fingerprint density at radius 3 is 2.81 bits per heavy atom. The maximum atomic E-state index is 11.2. The van der Waals surface area contributed by atoms with Gasteiger partial charge in [-0.1, -0.05) is 22.9 Å². The SMILES string of the molecule is CCNCCNc1cc(Br)ccc1C(N)=O. The molecule has 1 aromatic carbocycles. The van der Waals surface area contributed by atoms with Crippen LogP contribution in [0.1, 0.15) is 17.3 Å². The van der Waals surface area contributed by atoms with Crippen molar-refractivity contribution < 1.29 is 4.79 Å². The number of primary amides is 1. The Balaban J connectivity index is 2.68. The number of rotatable bonds is 6. The van der Waals surface area contributed by atoms with E-state index in [0.717, 1.165) is 29.8 Å². The van der Waals surface area contributed by atoms with E-state index in [2.05, 4.69) is 26.6 Å². The van der Waals surface area contributed by atoms with Crippen LogP contribution in [-0.4, -0.2) is 25.5 Å². The van der Waals surface area contributed by atoms with E-state index in [-0.39, 0.29) is 0 Å². The molecule has 0 bridgehead atoms. The monoisotopic (exact) mass is 285 g/mol. The summed E-state index contributed by atoms with van der Waals surface area (Å²) >= 11 is 3.36. The summed E-state index contributed by atoms with van der Waals surface area (Å²) < 4.78 is 0.920. The quantitative estimate of drug-likeness (QED) is 0.695. The Bertz CT molecular complexity index is 368. The average Bonchev–Trinajstić information content (AvgIpc) is 2.24. The molecule has 0 atom stereocenters. The number of hydrogen-bond acceptors (Lipinski definition) is 3. The molecule has 0 spiro atoms. The summed E-state index contributed by atoms with van der Waals surface area (Å²) in [6.45, 7) is 4.59. The topological polar surface area (TPSA) is 67.2 Å². The number of likely N-dealkylation sites (N-methyl/N-ethyl adjacent to an activating group) is 1. The van der Waals surface area contributed by atoms with Crippen molar-refractivity contribution >= 4 is 27.5 Å². The number of hydrogen-bond donors (Lipinski definition) is 3. The zero-order valence-corrected chi connectivity index (χ0v) is 10.8. The average molecular weight is 286 g/mol. The third-order valence-corrected chi connectivity index (χ3v) is 2.61. The molecule has 4 nitrogen and oxygen atoms in total. The molecule has 1 amide bonds. The van der Waals surface area contributed by atoms with Gasteiger partial charge in [-0.05, 0) is 24.7 Å². The number of amides is 1. The van der Waals surface area contributed by atoms with Gasteiger partial charge in [0.2, 0.25) is 0 Å². The lowest BCUT2D eigenvalue weighted by molar-refractivity contribution is 0.100. The molecule has 0 aliphatic carbocycles. The molecule has 4 N–H and O–H groups in total. The van der Waals surface area contributed by atoms with Crippen molar-refractivity contribution in [2.45, 2.75) is 6.92 Å². The minimum absolute atomic E-state index is 0.418. The molecule has 0 aliphatic heterocycles. The Morgan fingerprint density at radius 1 is 1.44 bits per heavy atom. The second-order valence-electron chi connectivity index (χ2n) is 3.33. The molecule has 1 aromatic rings. The maximum Gasteiger partial charge on any atom is 0.250 e. The van der Waals surface area contributed by atoms with Crippen molar-refractivity contribution in [2.75, 3.05) is 25.0 Å². The molecule has 0 radical (unpaired) electrons. The van der Waals surface area contributed by atoms with Crippen LogP contribution in [0.5, 0.6) is 0 Å². The molecule has 0 fully saturated rings. The molecular formula is C11H16BrN3O. The highest BCUT2D eigenvalue weighted by Gasteiger charge is 2.07. The van der Waals surface area contributed by atoms with Gasteiger partial charge in [0, 0.05) is 23.2 Å². The highest BCUT2D eigenvalue weighted by atomic mass is 79.9. The molecule has 16 heavy (non-hydrogen) atoms. The fourth-order valence-electron chi connectivity index (χ4n) is 1.34. The molecule has 0 aromatic heterocycles. The number of carbonyl (C=O) groups is 1. The van der Waals surface area contributed by atoms with Crippen LogP contribution in [0, 0.1) is 0 Å². The van der Waals surface area contributed by atoms with E-state index in [0.29, 0.717) is 5.56 Å². The first-order valence-electron chi connectivity index (χ1n) is 5.19. The summed E-state index contributed by atoms with van der Waals surface area (Å²) in [5, 5.41) is 6.37. The van der Waals surface area contributed by atoms with Gasteiger partial charge in [0.05, 0.1) is 5.56 Å². The van der Waals surface area contributed by atoms with Crippen molar-refractivity contribution in [3.63, 3.8) is 0 Å². The Labute approximate surface area is 104 Å². The first kappa shape index (κ1) is 13.0. The number of nitrogens with one attached hydrogen (secondary N) is 2. The predicted molar refractivity (Wildman–Crippen MR) is 69.7 cm³/mol. The standard InChI is InChI=1S/C11H16BrN3O/c1-2-14-5-6-15-10-7-8(12)3-4-9(10)11(13)16/h3-4,7,14-15H,2,5-6H2,1H3,(H2,13,16). The summed E-state index contributed by atoms with van der Waals surface area (Å²) in [5.41, 5.74) is 6.56. The zero-order valence-electron chi connectivity index (χ0n) is 9.22. The summed E-state index contributed by atoms with van der Waals surface area (Å²) in [7, 11) is 0. The van der Waals surface area contributed by atoms with Gasteiger partial charge < -0.3 is 16.4 Å². The van der Waals surface area contributed by atoms with Gasteiger partial charge in [0.1, 0.15) is 0 Å². The van der Waals surface area contributed by atoms with E-state index in [1.807, 2.05) is 13.0 Å². The Hall–Kier alpha value is -1.07. The highest BCUT2D eigenvalue weighted by molar-refractivity contribution is 9.10. The lowest BCUT2D eigenvalue weighted by Gasteiger charge is -2.10. The van der Waals surface area contributed by atoms with Crippen molar-refractivity contribution in [1.29, 1.82) is 0 Å². The summed E-state index contributed by atoms with van der Waals surface area (Å²) in [4.78, 5) is 11.2. The highest BCUT2D eigenvalue weighted by Crippen LogP contribution is 2.20. The lowest BCUT2D eigenvalue weighted by Crippen LogP contribution is -2.23. The van der Waals surface area contributed by atoms with E-state index < -0.39 is 5.91 Å². The molecule has 0 aliphatic rings. The van der Waals surface area contributed by atoms with Gasteiger partial charge in [-0.2, -0.15) is 0 Å². The van der Waals surface area contributed by atoms with E-state index in [4.69, 9.17) is 5.73 Å². The van der Waals surface area contributed by atoms with Crippen LogP contribution in [0.25, 0.3) is 0 Å². The predicted octanol–water partition coefficient (Wildman–Crippen LogP) is 1.57. The summed E-state index contributed by atoms with van der Waals surface area (Å²) in [5.74, 6) is -0.418. The van der Waals surface area contributed by atoms with Crippen LogP contribution in [0.2, 0.25) is 0 Å². The number of halogens is 1. The van der Waals surface area contributed by atoms with Gasteiger partial charge >= 0.3 is 0 Å². The van der Waals surface area contributed by atoms with Crippen LogP contribution in [0.3, 0.4) is 0 Å². The fraction of sp³-hybridized carbons (Fsp3) is 0.364. The second-order valence-corrected chi connectivity index (χ2v) is 4.25. The largest absolute Gasteiger partial charge is 0.383 e. The van der Waals surface area contributed by atoms with Crippen molar-refractivity contribution in [2.24, 2.45) is 5.73 Å². The second kappa shape index (κ2) is 6.50. The van der Waals surface area contributed by atoms with E-state index in [1.54, 1.807) is 12.1 Å². The van der Waals surface area contributed by atoms with E-state index >= 15 is 0 Å². The first-order valence-corrected chi connectivity index (χ1v) is 5.98. The number of carbonyl (C=O) groups excluding carboxylic acids is 1. The molecule has 0 unspecified atom stereocenters. The minimum Gasteiger partial charge on any atom is -0.383 e. The van der Waals surface area contributed by atoms with Crippen LogP contribution in [-0.2, 0) is 0 Å². The molecule has 0 heterocycles. The molecule has 88 valence electrons. The lowest BCUT2D eigenvalue weighted by atomic mass is 10.1. The molecule has 1 rings (SSSR count).